The minimum Gasteiger partial charge on any atom is -0.462 e. The van der Waals surface area contributed by atoms with Gasteiger partial charge in [-0.3, -0.25) is 0 Å². The highest BCUT2D eigenvalue weighted by Crippen LogP contribution is 2.22. The summed E-state index contributed by atoms with van der Waals surface area (Å²) in [6, 6.07) is 10.6. The van der Waals surface area contributed by atoms with E-state index in [2.05, 4.69) is 0 Å². The molecule has 0 amide bonds. The van der Waals surface area contributed by atoms with Crippen molar-refractivity contribution in [3.63, 3.8) is 0 Å². The van der Waals surface area contributed by atoms with E-state index in [1.807, 2.05) is 19.9 Å². The van der Waals surface area contributed by atoms with Crippen molar-refractivity contribution < 1.29 is 19.1 Å². The van der Waals surface area contributed by atoms with Crippen LogP contribution in [-0.2, 0) is 9.47 Å². The van der Waals surface area contributed by atoms with Gasteiger partial charge in [-0.05, 0) is 41.8 Å². The van der Waals surface area contributed by atoms with Crippen LogP contribution in [0.4, 0.5) is 0 Å². The van der Waals surface area contributed by atoms with E-state index in [9.17, 15) is 9.59 Å². The third-order valence-corrected chi connectivity index (χ3v) is 3.80. The van der Waals surface area contributed by atoms with Crippen molar-refractivity contribution in [2.45, 2.75) is 39.5 Å². The third-order valence-electron chi connectivity index (χ3n) is 3.80. The maximum absolute atomic E-state index is 12.2. The molecule has 0 aliphatic heterocycles. The van der Waals surface area contributed by atoms with Crippen molar-refractivity contribution in [1.82, 2.24) is 0 Å². The van der Waals surface area contributed by atoms with Crippen LogP contribution >= 0.6 is 0 Å². The first-order valence-electron chi connectivity index (χ1n) is 8.54. The highest BCUT2D eigenvalue weighted by atomic mass is 16.5. The molecule has 0 heterocycles. The van der Waals surface area contributed by atoms with Crippen LogP contribution in [0.3, 0.4) is 0 Å². The molecule has 0 radical (unpaired) electrons. The standard InChI is InChI=1S/C20H24O4/c1-3-5-12-23-19(21)16-10-11-17-15(14-16)8-7-9-18(17)20(22)24-13-6-4-2/h7-11,14H,3-6,12-13H2,1-2H3. The zero-order valence-corrected chi connectivity index (χ0v) is 14.3. The molecule has 0 bridgehead atoms. The number of ether oxygens (including phenoxy) is 2. The van der Waals surface area contributed by atoms with E-state index in [4.69, 9.17) is 9.47 Å². The van der Waals surface area contributed by atoms with Crippen LogP contribution in [0.1, 0.15) is 60.2 Å². The van der Waals surface area contributed by atoms with Gasteiger partial charge in [0.25, 0.3) is 0 Å². The summed E-state index contributed by atoms with van der Waals surface area (Å²) in [5, 5.41) is 1.61. The average molecular weight is 328 g/mol. The highest BCUT2D eigenvalue weighted by molar-refractivity contribution is 6.06. The van der Waals surface area contributed by atoms with E-state index < -0.39 is 0 Å². The fourth-order valence-corrected chi connectivity index (χ4v) is 2.37. The van der Waals surface area contributed by atoms with Crippen molar-refractivity contribution in [1.29, 1.82) is 0 Å². The van der Waals surface area contributed by atoms with Gasteiger partial charge < -0.3 is 9.47 Å². The summed E-state index contributed by atoms with van der Waals surface area (Å²) in [5.41, 5.74) is 1.02. The Balaban J connectivity index is 2.19. The zero-order chi connectivity index (χ0) is 17.4. The molecular formula is C20H24O4. The first kappa shape index (κ1) is 18.0. The molecule has 0 aliphatic rings. The van der Waals surface area contributed by atoms with Gasteiger partial charge in [-0.25, -0.2) is 9.59 Å². The van der Waals surface area contributed by atoms with Crippen LogP contribution in [0.5, 0.6) is 0 Å². The second kappa shape index (κ2) is 9.06. The lowest BCUT2D eigenvalue weighted by atomic mass is 10.0. The van der Waals surface area contributed by atoms with Crippen molar-refractivity contribution in [2.75, 3.05) is 13.2 Å². The van der Waals surface area contributed by atoms with Crippen LogP contribution in [0, 0.1) is 0 Å². The Labute approximate surface area is 142 Å². The summed E-state index contributed by atoms with van der Waals surface area (Å²) < 4.78 is 10.5. The molecule has 0 atom stereocenters. The SMILES string of the molecule is CCCCOC(=O)c1ccc2c(C(=O)OCCCC)cccc2c1. The van der Waals surface area contributed by atoms with Crippen LogP contribution in [-0.4, -0.2) is 25.2 Å². The Morgan fingerprint density at radius 2 is 1.54 bits per heavy atom. The van der Waals surface area contributed by atoms with Gasteiger partial charge in [-0.2, -0.15) is 0 Å². The lowest BCUT2D eigenvalue weighted by Crippen LogP contribution is -2.08. The molecule has 0 aromatic heterocycles. The zero-order valence-electron chi connectivity index (χ0n) is 14.3. The Hall–Kier alpha value is -2.36. The summed E-state index contributed by atoms with van der Waals surface area (Å²) >= 11 is 0. The topological polar surface area (TPSA) is 52.6 Å². The lowest BCUT2D eigenvalue weighted by Gasteiger charge is -2.09. The molecule has 0 N–H and O–H groups in total. The Morgan fingerprint density at radius 3 is 2.21 bits per heavy atom. The van der Waals surface area contributed by atoms with Crippen LogP contribution in [0.25, 0.3) is 10.8 Å². The quantitative estimate of drug-likeness (QED) is 0.518. The van der Waals surface area contributed by atoms with Gasteiger partial charge >= 0.3 is 11.9 Å². The minimum absolute atomic E-state index is 0.327. The molecule has 24 heavy (non-hydrogen) atoms. The number of unbranched alkanes of at least 4 members (excludes halogenated alkanes) is 2. The van der Waals surface area contributed by atoms with Crippen molar-refractivity contribution in [3.8, 4) is 0 Å². The summed E-state index contributed by atoms with van der Waals surface area (Å²) in [7, 11) is 0. The molecule has 0 aliphatic carbocycles. The number of rotatable bonds is 8. The molecule has 2 rings (SSSR count). The predicted molar refractivity (Wildman–Crippen MR) is 94.3 cm³/mol. The van der Waals surface area contributed by atoms with E-state index in [0.29, 0.717) is 24.3 Å². The summed E-state index contributed by atoms with van der Waals surface area (Å²) in [6.07, 6.45) is 3.66. The van der Waals surface area contributed by atoms with E-state index in [1.54, 1.807) is 30.3 Å². The van der Waals surface area contributed by atoms with Gasteiger partial charge in [-0.1, -0.05) is 44.9 Å². The van der Waals surface area contributed by atoms with Crippen molar-refractivity contribution >= 4 is 22.7 Å². The van der Waals surface area contributed by atoms with Gasteiger partial charge in [0, 0.05) is 0 Å². The fourth-order valence-electron chi connectivity index (χ4n) is 2.37. The predicted octanol–water partition coefficient (Wildman–Crippen LogP) is 4.75. The van der Waals surface area contributed by atoms with Crippen molar-refractivity contribution in [3.05, 3.63) is 47.5 Å². The Bertz CT molecular complexity index is 706. The monoisotopic (exact) mass is 328 g/mol. The number of esters is 2. The number of hydrogen-bond donors (Lipinski definition) is 0. The number of carbonyl (C=O) groups excluding carboxylic acids is 2. The lowest BCUT2D eigenvalue weighted by molar-refractivity contribution is 0.0492. The minimum atomic E-state index is -0.332. The summed E-state index contributed by atoms with van der Waals surface area (Å²) in [6.45, 7) is 4.95. The number of carbonyl (C=O) groups is 2. The molecule has 0 unspecified atom stereocenters. The van der Waals surface area contributed by atoms with Gasteiger partial charge in [0.05, 0.1) is 24.3 Å². The largest absolute Gasteiger partial charge is 0.462 e. The molecule has 2 aromatic rings. The fraction of sp³-hybridized carbons (Fsp3) is 0.400. The molecule has 0 saturated heterocycles. The molecule has 2 aromatic carbocycles. The Morgan fingerprint density at radius 1 is 0.875 bits per heavy atom. The molecule has 4 heteroatoms. The smallest absolute Gasteiger partial charge is 0.338 e. The maximum atomic E-state index is 12.2. The molecule has 128 valence electrons. The molecule has 0 spiro atoms. The molecule has 0 fully saturated rings. The van der Waals surface area contributed by atoms with E-state index >= 15 is 0 Å². The van der Waals surface area contributed by atoms with E-state index in [-0.39, 0.29) is 11.9 Å². The normalized spacial score (nSPS) is 10.6. The second-order valence-corrected chi connectivity index (χ2v) is 5.72. The number of fused-ring (bicyclic) bond motifs is 1. The van der Waals surface area contributed by atoms with Crippen LogP contribution in [0.2, 0.25) is 0 Å². The Kier molecular flexibility index (Phi) is 6.79. The van der Waals surface area contributed by atoms with E-state index in [1.165, 1.54) is 0 Å². The molecule has 4 nitrogen and oxygen atoms in total. The highest BCUT2D eigenvalue weighted by Gasteiger charge is 2.13. The van der Waals surface area contributed by atoms with Crippen LogP contribution in [0.15, 0.2) is 36.4 Å². The maximum Gasteiger partial charge on any atom is 0.338 e. The number of benzene rings is 2. The molecule has 0 saturated carbocycles. The van der Waals surface area contributed by atoms with Crippen LogP contribution < -0.4 is 0 Å². The molecular weight excluding hydrogens is 304 g/mol. The van der Waals surface area contributed by atoms with Gasteiger partial charge in [-0.15, -0.1) is 0 Å². The van der Waals surface area contributed by atoms with Gasteiger partial charge in [0.1, 0.15) is 0 Å². The summed E-state index contributed by atoms with van der Waals surface area (Å²) in [5.74, 6) is -0.659. The van der Waals surface area contributed by atoms with Gasteiger partial charge in [0.15, 0.2) is 0 Å². The van der Waals surface area contributed by atoms with E-state index in [0.717, 1.165) is 36.5 Å². The van der Waals surface area contributed by atoms with Gasteiger partial charge in [0.2, 0.25) is 0 Å². The first-order valence-corrected chi connectivity index (χ1v) is 8.54. The first-order chi connectivity index (χ1) is 11.7. The average Bonchev–Trinajstić information content (AvgIpc) is 2.61. The third kappa shape index (κ3) is 4.57. The second-order valence-electron chi connectivity index (χ2n) is 5.72. The summed E-state index contributed by atoms with van der Waals surface area (Å²) in [4.78, 5) is 24.3. The number of hydrogen-bond acceptors (Lipinski definition) is 4. The van der Waals surface area contributed by atoms with Crippen molar-refractivity contribution in [2.24, 2.45) is 0 Å².